The monoisotopic (exact) mass is 329 g/mol. The summed E-state index contributed by atoms with van der Waals surface area (Å²) in [4.78, 5) is 9.82. The van der Waals surface area contributed by atoms with E-state index in [9.17, 15) is 4.79 Å². The lowest BCUT2D eigenvalue weighted by atomic mass is 10.1. The zero-order chi connectivity index (χ0) is 18.7. The molecule has 3 heteroatoms. The Kier molecular flexibility index (Phi) is 22.6. The van der Waals surface area contributed by atoms with Gasteiger partial charge in [-0.2, -0.15) is 0 Å². The third-order valence-corrected chi connectivity index (χ3v) is 3.27. The van der Waals surface area contributed by atoms with Gasteiger partial charge in [0.05, 0.1) is 27.7 Å². The van der Waals surface area contributed by atoms with Crippen molar-refractivity contribution in [3.63, 3.8) is 0 Å². The maximum atomic E-state index is 9.82. The van der Waals surface area contributed by atoms with Crippen LogP contribution in [0.3, 0.4) is 0 Å². The molecule has 0 saturated heterocycles. The maximum absolute atomic E-state index is 9.82. The number of hydrogen-bond acceptors (Lipinski definition) is 1. The van der Waals surface area contributed by atoms with Gasteiger partial charge in [0, 0.05) is 5.57 Å². The average molecular weight is 330 g/mol. The number of quaternary nitrogens is 1. The predicted molar refractivity (Wildman–Crippen MR) is 105 cm³/mol. The van der Waals surface area contributed by atoms with Crippen molar-refractivity contribution >= 4 is 5.91 Å². The van der Waals surface area contributed by atoms with Crippen LogP contribution in [0.5, 0.6) is 0 Å². The molecule has 0 bridgehead atoms. The lowest BCUT2D eigenvalue weighted by molar-refractivity contribution is -0.870. The van der Waals surface area contributed by atoms with E-state index in [-0.39, 0.29) is 0 Å². The highest BCUT2D eigenvalue weighted by atomic mass is 16.1. The smallest absolute Gasteiger partial charge is 0.243 e. The molecule has 0 rings (SSSR count). The van der Waals surface area contributed by atoms with Crippen LogP contribution < -0.4 is 5.73 Å². The highest BCUT2D eigenvalue weighted by Gasteiger charge is 2.01. The second-order valence-electron chi connectivity index (χ2n) is 7.28. The van der Waals surface area contributed by atoms with E-state index in [0.29, 0.717) is 5.57 Å². The van der Waals surface area contributed by atoms with Gasteiger partial charge in [0.1, 0.15) is 0 Å². The minimum atomic E-state index is -0.435. The van der Waals surface area contributed by atoms with E-state index in [2.05, 4.69) is 48.5 Å². The Morgan fingerprint density at radius 1 is 0.826 bits per heavy atom. The Balaban J connectivity index is -0.000000272. The second-order valence-corrected chi connectivity index (χ2v) is 7.28. The number of nitrogens with zero attached hydrogens (tertiary/aromatic N) is 1. The molecule has 0 unspecified atom stereocenters. The Morgan fingerprint density at radius 2 is 1.13 bits per heavy atom. The third-order valence-electron chi connectivity index (χ3n) is 3.27. The summed E-state index contributed by atoms with van der Waals surface area (Å²) in [5, 5.41) is 0. The van der Waals surface area contributed by atoms with Crippen molar-refractivity contribution in [3.05, 3.63) is 12.2 Å². The lowest BCUT2D eigenvalue weighted by Gasteiger charge is -2.22. The molecular weight excluding hydrogens is 284 g/mol. The molecule has 0 atom stereocenters. The Labute approximate surface area is 146 Å². The fourth-order valence-electron chi connectivity index (χ4n) is 1.88. The number of carbonyl (C=O) groups excluding carboxylic acids is 1. The minimum absolute atomic E-state index is 0.398. The van der Waals surface area contributed by atoms with Gasteiger partial charge in [0.25, 0.3) is 0 Å². The molecule has 3 nitrogen and oxygen atoms in total. The summed E-state index contributed by atoms with van der Waals surface area (Å²) in [6.07, 6.45) is 12.7. The number of rotatable bonds is 10. The Hall–Kier alpha value is -0.830. The molecule has 0 aromatic carbocycles. The summed E-state index contributed by atoms with van der Waals surface area (Å²) >= 11 is 0. The van der Waals surface area contributed by atoms with Crippen LogP contribution in [0.15, 0.2) is 12.2 Å². The summed E-state index contributed by atoms with van der Waals surface area (Å²) < 4.78 is 1.09. The first-order chi connectivity index (χ1) is 10.6. The second kappa shape index (κ2) is 19.2. The number of amides is 1. The summed E-state index contributed by atoms with van der Waals surface area (Å²) in [6.45, 7) is 12.9. The molecule has 0 radical (unpaired) electrons. The van der Waals surface area contributed by atoms with E-state index < -0.39 is 5.91 Å². The molecule has 0 fully saturated rings. The van der Waals surface area contributed by atoms with Crippen LogP contribution in [0, 0.1) is 0 Å². The van der Waals surface area contributed by atoms with Gasteiger partial charge in [-0.05, 0) is 13.3 Å². The van der Waals surface area contributed by atoms with Crippen LogP contribution in [0.25, 0.3) is 0 Å². The van der Waals surface area contributed by atoms with Crippen molar-refractivity contribution in [3.8, 4) is 0 Å². The van der Waals surface area contributed by atoms with E-state index in [0.717, 1.165) is 4.48 Å². The van der Waals surface area contributed by atoms with Crippen LogP contribution in [0.1, 0.15) is 85.5 Å². The van der Waals surface area contributed by atoms with Gasteiger partial charge >= 0.3 is 0 Å². The summed E-state index contributed by atoms with van der Waals surface area (Å²) in [6, 6.07) is 0. The van der Waals surface area contributed by atoms with Crippen LogP contribution in [-0.2, 0) is 4.79 Å². The molecule has 0 aromatic rings. The summed E-state index contributed by atoms with van der Waals surface area (Å²) in [5.41, 5.74) is 5.09. The van der Waals surface area contributed by atoms with Gasteiger partial charge in [0.2, 0.25) is 5.91 Å². The SMILES string of the molecule is C=C(C)C(N)=O.CCCCCCCCCC.CCC[N+](C)(C)C. The number of hydrogen-bond donors (Lipinski definition) is 1. The highest BCUT2D eigenvalue weighted by Crippen LogP contribution is 2.07. The lowest BCUT2D eigenvalue weighted by Crippen LogP contribution is -2.34. The van der Waals surface area contributed by atoms with Crippen molar-refractivity contribution < 1.29 is 9.28 Å². The number of nitrogens with two attached hydrogens (primary N) is 1. The third kappa shape index (κ3) is 38.7. The van der Waals surface area contributed by atoms with Crippen molar-refractivity contribution in [2.45, 2.75) is 85.5 Å². The van der Waals surface area contributed by atoms with Crippen LogP contribution >= 0.6 is 0 Å². The molecule has 0 saturated carbocycles. The van der Waals surface area contributed by atoms with Gasteiger partial charge in [-0.25, -0.2) is 0 Å². The first kappa shape index (κ1) is 27.0. The molecule has 140 valence electrons. The van der Waals surface area contributed by atoms with Crippen LogP contribution in [-0.4, -0.2) is 38.1 Å². The van der Waals surface area contributed by atoms with Crippen molar-refractivity contribution in [1.29, 1.82) is 0 Å². The molecule has 2 N–H and O–H groups in total. The van der Waals surface area contributed by atoms with Gasteiger partial charge in [-0.3, -0.25) is 4.79 Å². The van der Waals surface area contributed by atoms with Gasteiger partial charge in [-0.1, -0.05) is 78.7 Å². The van der Waals surface area contributed by atoms with Crippen LogP contribution in [0.2, 0.25) is 0 Å². The molecule has 23 heavy (non-hydrogen) atoms. The summed E-state index contributed by atoms with van der Waals surface area (Å²) in [5.74, 6) is -0.435. The fourth-order valence-corrected chi connectivity index (χ4v) is 1.88. The van der Waals surface area contributed by atoms with Gasteiger partial charge in [0.15, 0.2) is 0 Å². The Bertz CT molecular complexity index is 247. The topological polar surface area (TPSA) is 43.1 Å². The minimum Gasteiger partial charge on any atom is -0.366 e. The molecule has 0 aliphatic heterocycles. The maximum Gasteiger partial charge on any atom is 0.243 e. The highest BCUT2D eigenvalue weighted by molar-refractivity contribution is 5.90. The number of unbranched alkanes of at least 4 members (excludes halogenated alkanes) is 7. The van der Waals surface area contributed by atoms with E-state index in [4.69, 9.17) is 5.73 Å². The first-order valence-electron chi connectivity index (χ1n) is 9.38. The zero-order valence-corrected chi connectivity index (χ0v) is 17.2. The molecule has 0 aliphatic rings. The molecule has 0 aromatic heterocycles. The largest absolute Gasteiger partial charge is 0.366 e. The molecule has 0 spiro atoms. The summed E-state index contributed by atoms with van der Waals surface area (Å²) in [7, 11) is 6.64. The van der Waals surface area contributed by atoms with Crippen LogP contribution in [0.4, 0.5) is 0 Å². The van der Waals surface area contributed by atoms with Crippen molar-refractivity contribution in [2.24, 2.45) is 5.73 Å². The molecule has 1 amide bonds. The predicted octanol–water partition coefficient (Wildman–Crippen LogP) is 5.30. The number of primary amides is 1. The quantitative estimate of drug-likeness (QED) is 0.330. The van der Waals surface area contributed by atoms with Crippen molar-refractivity contribution in [1.82, 2.24) is 0 Å². The van der Waals surface area contributed by atoms with E-state index in [1.807, 2.05) is 0 Å². The molecule has 0 heterocycles. The fraction of sp³-hybridized carbons (Fsp3) is 0.850. The average Bonchev–Trinajstić information content (AvgIpc) is 2.43. The Morgan fingerprint density at radius 3 is 1.26 bits per heavy atom. The molecule has 0 aliphatic carbocycles. The zero-order valence-electron chi connectivity index (χ0n) is 17.2. The van der Waals surface area contributed by atoms with Crippen molar-refractivity contribution in [2.75, 3.05) is 27.7 Å². The van der Waals surface area contributed by atoms with E-state index in [1.54, 1.807) is 6.92 Å². The standard InChI is InChI=1S/C10H22.C6H16N.C4H7NO/c1-3-5-7-9-10-8-6-4-2;1-5-6-7(2,3)4;1-3(2)4(5)6/h3-10H2,1-2H3;5-6H2,1-4H3;1H2,2H3,(H2,5,6)/q;+1;. The normalized spacial score (nSPS) is 10.0. The first-order valence-corrected chi connectivity index (χ1v) is 9.38. The molecular formula is C20H45N2O+. The van der Waals surface area contributed by atoms with E-state index in [1.165, 1.54) is 64.3 Å². The van der Waals surface area contributed by atoms with Gasteiger partial charge < -0.3 is 10.2 Å². The van der Waals surface area contributed by atoms with Gasteiger partial charge in [-0.15, -0.1) is 0 Å². The van der Waals surface area contributed by atoms with E-state index >= 15 is 0 Å². The number of carbonyl (C=O) groups is 1.